The minimum absolute atomic E-state index is 0.137. The van der Waals surface area contributed by atoms with Gasteiger partial charge in [0, 0.05) is 11.3 Å². The molecule has 0 aliphatic carbocycles. The SMILES string of the molecule is CC(C)C(NCC1(C)CCCS1)C(=O)O. The second-order valence-electron chi connectivity index (χ2n) is 4.84. The third kappa shape index (κ3) is 3.68. The summed E-state index contributed by atoms with van der Waals surface area (Å²) in [6.45, 7) is 6.90. The number of hydrogen-bond acceptors (Lipinski definition) is 3. The highest BCUT2D eigenvalue weighted by atomic mass is 32.2. The van der Waals surface area contributed by atoms with Crippen LogP contribution in [0.2, 0.25) is 0 Å². The number of aliphatic carboxylic acids is 1. The minimum Gasteiger partial charge on any atom is -0.480 e. The van der Waals surface area contributed by atoms with Gasteiger partial charge in [-0.1, -0.05) is 13.8 Å². The highest BCUT2D eigenvalue weighted by Crippen LogP contribution is 2.37. The maximum absolute atomic E-state index is 11.0. The summed E-state index contributed by atoms with van der Waals surface area (Å²) in [4.78, 5) is 11.0. The Morgan fingerprint density at radius 3 is 2.67 bits per heavy atom. The van der Waals surface area contributed by atoms with E-state index in [0.717, 1.165) is 6.54 Å². The van der Waals surface area contributed by atoms with Crippen molar-refractivity contribution in [2.24, 2.45) is 5.92 Å². The van der Waals surface area contributed by atoms with Crippen LogP contribution < -0.4 is 5.32 Å². The molecule has 2 atom stereocenters. The second-order valence-corrected chi connectivity index (χ2v) is 6.53. The molecule has 0 radical (unpaired) electrons. The molecular weight excluding hydrogens is 210 g/mol. The summed E-state index contributed by atoms with van der Waals surface area (Å²) in [7, 11) is 0. The summed E-state index contributed by atoms with van der Waals surface area (Å²) < 4.78 is 0.239. The van der Waals surface area contributed by atoms with Gasteiger partial charge >= 0.3 is 5.97 Å². The van der Waals surface area contributed by atoms with Gasteiger partial charge in [0.2, 0.25) is 0 Å². The van der Waals surface area contributed by atoms with Crippen molar-refractivity contribution in [1.82, 2.24) is 5.32 Å². The van der Waals surface area contributed by atoms with Gasteiger partial charge in [0.05, 0.1) is 0 Å². The van der Waals surface area contributed by atoms with Crippen molar-refractivity contribution in [2.45, 2.75) is 44.4 Å². The van der Waals surface area contributed by atoms with Gasteiger partial charge in [-0.15, -0.1) is 0 Å². The summed E-state index contributed by atoms with van der Waals surface area (Å²) in [6, 6.07) is -0.414. The maximum atomic E-state index is 11.0. The quantitative estimate of drug-likeness (QED) is 0.759. The molecule has 1 aliphatic heterocycles. The maximum Gasteiger partial charge on any atom is 0.320 e. The fourth-order valence-electron chi connectivity index (χ4n) is 1.91. The molecule has 1 saturated heterocycles. The van der Waals surface area contributed by atoms with Crippen molar-refractivity contribution >= 4 is 17.7 Å². The molecule has 0 amide bonds. The van der Waals surface area contributed by atoms with E-state index < -0.39 is 12.0 Å². The van der Waals surface area contributed by atoms with Gasteiger partial charge in [0.1, 0.15) is 6.04 Å². The molecular formula is C11H21NO2S. The van der Waals surface area contributed by atoms with Gasteiger partial charge in [-0.3, -0.25) is 4.79 Å². The van der Waals surface area contributed by atoms with Crippen LogP contribution in [0.1, 0.15) is 33.6 Å². The standard InChI is InChI=1S/C11H21NO2S/c1-8(2)9(10(13)14)12-7-11(3)5-4-6-15-11/h8-9,12H,4-7H2,1-3H3,(H,13,14). The van der Waals surface area contributed by atoms with E-state index in [1.54, 1.807) is 0 Å². The molecule has 15 heavy (non-hydrogen) atoms. The first kappa shape index (κ1) is 12.8. The summed E-state index contributed by atoms with van der Waals surface area (Å²) in [5, 5.41) is 12.2. The van der Waals surface area contributed by atoms with Crippen molar-refractivity contribution in [3.8, 4) is 0 Å². The molecule has 0 bridgehead atoms. The molecule has 1 aliphatic rings. The number of carboxylic acid groups (broad SMARTS) is 1. The Labute approximate surface area is 96.0 Å². The Balaban J connectivity index is 2.42. The average molecular weight is 231 g/mol. The summed E-state index contributed by atoms with van der Waals surface area (Å²) >= 11 is 1.95. The molecule has 0 aromatic carbocycles. The van der Waals surface area contributed by atoms with Gasteiger partial charge in [0.15, 0.2) is 0 Å². The second kappa shape index (κ2) is 5.21. The zero-order chi connectivity index (χ0) is 11.5. The van der Waals surface area contributed by atoms with Crippen LogP contribution in [0.25, 0.3) is 0 Å². The summed E-state index contributed by atoms with van der Waals surface area (Å²) in [6.07, 6.45) is 2.44. The smallest absolute Gasteiger partial charge is 0.320 e. The number of thioether (sulfide) groups is 1. The van der Waals surface area contributed by atoms with Crippen LogP contribution in [0.3, 0.4) is 0 Å². The first-order chi connectivity index (χ1) is 6.94. The third-order valence-corrected chi connectivity index (χ3v) is 4.47. The van der Waals surface area contributed by atoms with Crippen molar-refractivity contribution < 1.29 is 9.90 Å². The molecule has 2 N–H and O–H groups in total. The normalized spacial score (nSPS) is 28.3. The molecule has 1 fully saturated rings. The van der Waals surface area contributed by atoms with Crippen molar-refractivity contribution in [1.29, 1.82) is 0 Å². The van der Waals surface area contributed by atoms with Crippen LogP contribution >= 0.6 is 11.8 Å². The Kier molecular flexibility index (Phi) is 4.46. The van der Waals surface area contributed by atoms with E-state index in [0.29, 0.717) is 0 Å². The molecule has 0 aromatic rings. The molecule has 88 valence electrons. The van der Waals surface area contributed by atoms with E-state index in [2.05, 4.69) is 12.2 Å². The van der Waals surface area contributed by atoms with E-state index in [1.165, 1.54) is 18.6 Å². The van der Waals surface area contributed by atoms with Crippen molar-refractivity contribution in [3.63, 3.8) is 0 Å². The van der Waals surface area contributed by atoms with Gasteiger partial charge in [0.25, 0.3) is 0 Å². The third-order valence-electron chi connectivity index (χ3n) is 2.93. The topological polar surface area (TPSA) is 49.3 Å². The summed E-state index contributed by atoms with van der Waals surface area (Å²) in [5.74, 6) is 0.603. The summed E-state index contributed by atoms with van der Waals surface area (Å²) in [5.41, 5.74) is 0. The molecule has 4 heteroatoms. The van der Waals surface area contributed by atoms with Gasteiger partial charge in [-0.2, -0.15) is 11.8 Å². The minimum atomic E-state index is -0.739. The van der Waals surface area contributed by atoms with Crippen LogP contribution in [0.4, 0.5) is 0 Å². The molecule has 2 unspecified atom stereocenters. The lowest BCUT2D eigenvalue weighted by atomic mass is 10.0. The molecule has 0 aromatic heterocycles. The predicted molar refractivity (Wildman–Crippen MR) is 64.4 cm³/mol. The first-order valence-electron chi connectivity index (χ1n) is 5.55. The van der Waals surface area contributed by atoms with E-state index in [1.807, 2.05) is 25.6 Å². The lowest BCUT2D eigenvalue weighted by Crippen LogP contribution is -2.46. The van der Waals surface area contributed by atoms with E-state index in [9.17, 15) is 4.79 Å². The van der Waals surface area contributed by atoms with Gasteiger partial charge < -0.3 is 10.4 Å². The number of hydrogen-bond donors (Lipinski definition) is 2. The molecule has 0 saturated carbocycles. The molecule has 1 heterocycles. The van der Waals surface area contributed by atoms with Crippen LogP contribution in [-0.4, -0.2) is 34.2 Å². The number of nitrogens with one attached hydrogen (secondary N) is 1. The Morgan fingerprint density at radius 1 is 1.60 bits per heavy atom. The largest absolute Gasteiger partial charge is 0.480 e. The van der Waals surface area contributed by atoms with Crippen LogP contribution in [0.15, 0.2) is 0 Å². The van der Waals surface area contributed by atoms with Gasteiger partial charge in [-0.05, 0) is 31.4 Å². The van der Waals surface area contributed by atoms with Gasteiger partial charge in [-0.25, -0.2) is 0 Å². The number of carbonyl (C=O) groups is 1. The lowest BCUT2D eigenvalue weighted by molar-refractivity contribution is -0.140. The number of rotatable bonds is 5. The number of carboxylic acids is 1. The van der Waals surface area contributed by atoms with E-state index in [4.69, 9.17) is 5.11 Å². The highest BCUT2D eigenvalue weighted by Gasteiger charge is 2.31. The first-order valence-corrected chi connectivity index (χ1v) is 6.53. The predicted octanol–water partition coefficient (Wildman–Crippen LogP) is 1.97. The van der Waals surface area contributed by atoms with Crippen molar-refractivity contribution in [3.05, 3.63) is 0 Å². The zero-order valence-electron chi connectivity index (χ0n) is 9.75. The Morgan fingerprint density at radius 2 is 2.27 bits per heavy atom. The van der Waals surface area contributed by atoms with E-state index >= 15 is 0 Å². The molecule has 0 spiro atoms. The Hall–Kier alpha value is -0.220. The van der Waals surface area contributed by atoms with Crippen molar-refractivity contribution in [2.75, 3.05) is 12.3 Å². The fraction of sp³-hybridized carbons (Fsp3) is 0.909. The average Bonchev–Trinajstić information content (AvgIpc) is 2.51. The molecule has 1 rings (SSSR count). The van der Waals surface area contributed by atoms with Crippen LogP contribution in [0, 0.1) is 5.92 Å². The van der Waals surface area contributed by atoms with Crippen LogP contribution in [-0.2, 0) is 4.79 Å². The lowest BCUT2D eigenvalue weighted by Gasteiger charge is -2.27. The zero-order valence-corrected chi connectivity index (χ0v) is 10.6. The highest BCUT2D eigenvalue weighted by molar-refractivity contribution is 8.00. The van der Waals surface area contributed by atoms with E-state index in [-0.39, 0.29) is 10.7 Å². The van der Waals surface area contributed by atoms with Crippen LogP contribution in [0.5, 0.6) is 0 Å². The monoisotopic (exact) mass is 231 g/mol. The fourth-order valence-corrected chi connectivity index (χ4v) is 3.17. The Bertz CT molecular complexity index is 225. The molecule has 3 nitrogen and oxygen atoms in total.